The van der Waals surface area contributed by atoms with Gasteiger partial charge in [0.25, 0.3) is 0 Å². The zero-order chi connectivity index (χ0) is 32.5. The van der Waals surface area contributed by atoms with Crippen molar-refractivity contribution in [3.05, 3.63) is 95.6 Å². The van der Waals surface area contributed by atoms with Gasteiger partial charge in [-0.15, -0.1) is 5.10 Å². The molecule has 1 aromatic heterocycles. The van der Waals surface area contributed by atoms with Crippen LogP contribution in [0.2, 0.25) is 0 Å². The van der Waals surface area contributed by atoms with Crippen LogP contribution in [-0.4, -0.2) is 90.7 Å². The molecule has 1 saturated carbocycles. The summed E-state index contributed by atoms with van der Waals surface area (Å²) in [4.78, 5) is 2.27. The Morgan fingerprint density at radius 3 is 2.57 bits per heavy atom. The van der Waals surface area contributed by atoms with Crippen LogP contribution in [0.5, 0.6) is 17.2 Å². The van der Waals surface area contributed by atoms with Crippen LogP contribution in [0, 0.1) is 0 Å². The zero-order valence-electron chi connectivity index (χ0n) is 26.2. The fraction of sp³-hybridized carbons (Fsp3) is 0.412. The molecule has 12 heteroatoms. The molecule has 1 saturated heterocycles. The van der Waals surface area contributed by atoms with E-state index in [1.807, 2.05) is 43.3 Å². The average Bonchev–Trinajstić information content (AvgIpc) is 3.68. The van der Waals surface area contributed by atoms with Crippen molar-refractivity contribution in [3.63, 3.8) is 0 Å². The Bertz CT molecular complexity index is 1620. The summed E-state index contributed by atoms with van der Waals surface area (Å²) in [6, 6.07) is 12.7. The van der Waals surface area contributed by atoms with Gasteiger partial charge in [-0.25, -0.2) is 0 Å². The number of ether oxygens (including phenoxy) is 5. The summed E-state index contributed by atoms with van der Waals surface area (Å²) in [6.07, 6.45) is 3.76. The van der Waals surface area contributed by atoms with Crippen molar-refractivity contribution < 1.29 is 38.3 Å². The van der Waals surface area contributed by atoms with E-state index in [0.717, 1.165) is 25.2 Å². The lowest BCUT2D eigenvalue weighted by Crippen LogP contribution is -2.55. The number of aliphatic hydroxyl groups excluding tert-OH is 1. The predicted octanol–water partition coefficient (Wildman–Crippen LogP) is 3.29. The standard InChI is InChI=1S/C34H40N4O8/c1-5-23(12-11-21(2)41-3)34-28(22-9-7-6-8-10-22)27(31-36-37-32(35)45-31)30(39)33(34,40)29-25(42-4)19-24(20-26(29)46-34)44-18-15-38-13-16-43-17-14-38/h5-12,19-20,27-28,30,39-40H,2,13-18H2,1,3-4H3,(H2,35,37)/b12-11-,23-5+/t27-,28-,30-,33+,34+/m1/s1. The molecule has 0 radical (unpaired) electrons. The highest BCUT2D eigenvalue weighted by atomic mass is 16.5. The molecule has 6 rings (SSSR count). The first kappa shape index (κ1) is 31.6. The summed E-state index contributed by atoms with van der Waals surface area (Å²) in [5.41, 5.74) is 3.71. The molecular formula is C34H40N4O8. The average molecular weight is 633 g/mol. The quantitative estimate of drug-likeness (QED) is 0.210. The molecule has 46 heavy (non-hydrogen) atoms. The van der Waals surface area contributed by atoms with Crippen molar-refractivity contribution in [2.45, 2.75) is 36.1 Å². The number of allylic oxidation sites excluding steroid dienone is 2. The minimum Gasteiger partial charge on any atom is -0.497 e. The third kappa shape index (κ3) is 5.11. The normalized spacial score (nSPS) is 27.7. The molecule has 2 fully saturated rings. The highest BCUT2D eigenvalue weighted by Crippen LogP contribution is 2.70. The molecule has 12 nitrogen and oxygen atoms in total. The van der Waals surface area contributed by atoms with Gasteiger partial charge in [-0.05, 0) is 24.1 Å². The fourth-order valence-electron chi connectivity index (χ4n) is 7.09. The Kier molecular flexibility index (Phi) is 8.80. The molecular weight excluding hydrogens is 592 g/mol. The third-order valence-electron chi connectivity index (χ3n) is 9.17. The van der Waals surface area contributed by atoms with Crippen molar-refractivity contribution in [1.29, 1.82) is 0 Å². The molecule has 0 spiro atoms. The number of nitrogens with two attached hydrogens (primary N) is 1. The van der Waals surface area contributed by atoms with Crippen LogP contribution in [0.25, 0.3) is 0 Å². The summed E-state index contributed by atoms with van der Waals surface area (Å²) in [6.45, 7) is 9.98. The van der Waals surface area contributed by atoms with Gasteiger partial charge in [0.15, 0.2) is 11.2 Å². The zero-order valence-corrected chi connectivity index (χ0v) is 26.2. The van der Waals surface area contributed by atoms with Gasteiger partial charge >= 0.3 is 6.01 Å². The molecule has 0 amide bonds. The number of rotatable bonds is 11. The van der Waals surface area contributed by atoms with E-state index in [1.165, 1.54) is 14.2 Å². The number of morpholine rings is 1. The van der Waals surface area contributed by atoms with Crippen molar-refractivity contribution in [1.82, 2.24) is 15.1 Å². The summed E-state index contributed by atoms with van der Waals surface area (Å²) in [5.74, 6) is -0.143. The summed E-state index contributed by atoms with van der Waals surface area (Å²) >= 11 is 0. The Hall–Kier alpha value is -4.36. The first-order valence-electron chi connectivity index (χ1n) is 15.2. The molecule has 244 valence electrons. The van der Waals surface area contributed by atoms with E-state index in [4.69, 9.17) is 33.8 Å². The van der Waals surface area contributed by atoms with Crippen LogP contribution in [0.15, 0.2) is 83.0 Å². The maximum Gasteiger partial charge on any atom is 0.312 e. The molecule has 4 N–H and O–H groups in total. The van der Waals surface area contributed by atoms with Gasteiger partial charge < -0.3 is 44.0 Å². The summed E-state index contributed by atoms with van der Waals surface area (Å²) in [5, 5.41) is 33.6. The van der Waals surface area contributed by atoms with Crippen LogP contribution in [-0.2, 0) is 15.1 Å². The number of aromatic nitrogens is 2. The number of nitrogens with zero attached hydrogens (tertiary/aromatic N) is 3. The van der Waals surface area contributed by atoms with E-state index in [9.17, 15) is 10.2 Å². The largest absolute Gasteiger partial charge is 0.497 e. The van der Waals surface area contributed by atoms with E-state index in [-0.39, 0.29) is 17.5 Å². The maximum absolute atomic E-state index is 13.2. The first-order chi connectivity index (χ1) is 22.3. The van der Waals surface area contributed by atoms with Gasteiger partial charge in [0.05, 0.1) is 38.9 Å². The fourth-order valence-corrected chi connectivity index (χ4v) is 7.09. The van der Waals surface area contributed by atoms with Crippen LogP contribution in [0.1, 0.15) is 35.8 Å². The minimum atomic E-state index is -2.09. The molecule has 2 aliphatic heterocycles. The second-order valence-electron chi connectivity index (χ2n) is 11.5. The minimum absolute atomic E-state index is 0.0639. The topological polar surface area (TPSA) is 155 Å². The van der Waals surface area contributed by atoms with Gasteiger partial charge in [0.1, 0.15) is 35.7 Å². The molecule has 3 heterocycles. The van der Waals surface area contributed by atoms with Crippen molar-refractivity contribution >= 4 is 6.01 Å². The van der Waals surface area contributed by atoms with Crippen LogP contribution >= 0.6 is 0 Å². The van der Waals surface area contributed by atoms with Gasteiger partial charge in [-0.3, -0.25) is 4.90 Å². The van der Waals surface area contributed by atoms with Crippen molar-refractivity contribution in [2.75, 3.05) is 59.4 Å². The number of fused-ring (bicyclic) bond motifs is 3. The highest BCUT2D eigenvalue weighted by molar-refractivity contribution is 5.65. The van der Waals surface area contributed by atoms with Gasteiger partial charge in [-0.1, -0.05) is 54.2 Å². The first-order valence-corrected chi connectivity index (χ1v) is 15.2. The lowest BCUT2D eigenvalue weighted by atomic mass is 9.70. The molecule has 2 aromatic carbocycles. The van der Waals surface area contributed by atoms with E-state index in [0.29, 0.717) is 48.4 Å². The van der Waals surface area contributed by atoms with Crippen LogP contribution < -0.4 is 19.9 Å². The lowest BCUT2D eigenvalue weighted by Gasteiger charge is -2.41. The van der Waals surface area contributed by atoms with Gasteiger partial charge in [-0.2, -0.15) is 0 Å². The number of anilines is 1. The maximum atomic E-state index is 13.2. The molecule has 0 bridgehead atoms. The van der Waals surface area contributed by atoms with Crippen LogP contribution in [0.4, 0.5) is 6.01 Å². The summed E-state index contributed by atoms with van der Waals surface area (Å²) < 4.78 is 35.6. The monoisotopic (exact) mass is 632 g/mol. The Morgan fingerprint density at radius 2 is 1.91 bits per heavy atom. The number of nitrogen functional groups attached to an aromatic ring is 1. The van der Waals surface area contributed by atoms with Crippen LogP contribution in [0.3, 0.4) is 0 Å². The van der Waals surface area contributed by atoms with E-state index in [2.05, 4.69) is 21.7 Å². The molecule has 3 aromatic rings. The molecule has 0 unspecified atom stereocenters. The number of benzene rings is 2. The second kappa shape index (κ2) is 12.8. The van der Waals surface area contributed by atoms with Gasteiger partial charge in [0, 0.05) is 37.7 Å². The van der Waals surface area contributed by atoms with E-state index in [1.54, 1.807) is 24.3 Å². The second-order valence-corrected chi connectivity index (χ2v) is 11.5. The van der Waals surface area contributed by atoms with E-state index < -0.39 is 29.1 Å². The number of hydrogen-bond donors (Lipinski definition) is 3. The van der Waals surface area contributed by atoms with Crippen molar-refractivity contribution in [2.24, 2.45) is 0 Å². The smallest absolute Gasteiger partial charge is 0.312 e. The highest BCUT2D eigenvalue weighted by Gasteiger charge is 2.78. The molecule has 3 aliphatic rings. The SMILES string of the molecule is C=C(/C=C\C(=C/C)[C@@]12Oc3cc(OCCN4CCOCC4)cc(OC)c3[C@]1(O)[C@H](O)[C@H](c1nnc(N)o1)[C@H]2c1ccccc1)OC. The van der Waals surface area contributed by atoms with Crippen molar-refractivity contribution in [3.8, 4) is 17.2 Å². The van der Waals surface area contributed by atoms with Gasteiger partial charge in [0.2, 0.25) is 5.89 Å². The Balaban J connectivity index is 1.52. The third-order valence-corrected chi connectivity index (χ3v) is 9.17. The van der Waals surface area contributed by atoms with E-state index >= 15 is 0 Å². The predicted molar refractivity (Wildman–Crippen MR) is 169 cm³/mol. The Labute approximate surface area is 267 Å². The molecule has 1 aliphatic carbocycles. The molecule has 5 atom stereocenters. The summed E-state index contributed by atoms with van der Waals surface area (Å²) in [7, 11) is 3.02. The number of methoxy groups -OCH3 is 2. The lowest BCUT2D eigenvalue weighted by molar-refractivity contribution is -0.129. The number of aliphatic hydroxyl groups is 2. The number of hydrogen-bond acceptors (Lipinski definition) is 12. The Morgan fingerprint density at radius 1 is 1.15 bits per heavy atom.